The summed E-state index contributed by atoms with van der Waals surface area (Å²) in [5, 5.41) is 19.0. The molecule has 2 unspecified atom stereocenters. The summed E-state index contributed by atoms with van der Waals surface area (Å²) in [7, 11) is 0. The van der Waals surface area contributed by atoms with Crippen LogP contribution in [0.2, 0.25) is 0 Å². The first kappa shape index (κ1) is 9.97. The zero-order valence-electron chi connectivity index (χ0n) is 8.62. The lowest BCUT2D eigenvalue weighted by molar-refractivity contribution is -0.171. The monoisotopic (exact) mass is 198 g/mol. The molecule has 80 valence electrons. The van der Waals surface area contributed by atoms with E-state index in [4.69, 9.17) is 5.11 Å². The van der Waals surface area contributed by atoms with Crippen LogP contribution in [0.25, 0.3) is 0 Å². The van der Waals surface area contributed by atoms with Crippen molar-refractivity contribution in [2.24, 2.45) is 11.3 Å². The van der Waals surface area contributed by atoms with Crippen molar-refractivity contribution in [2.75, 3.05) is 0 Å². The van der Waals surface area contributed by atoms with Crippen molar-refractivity contribution in [3.05, 3.63) is 0 Å². The predicted molar refractivity (Wildman–Crippen MR) is 51.9 cm³/mol. The highest BCUT2D eigenvalue weighted by atomic mass is 16.4. The van der Waals surface area contributed by atoms with E-state index < -0.39 is 11.6 Å². The molecule has 2 fully saturated rings. The second kappa shape index (κ2) is 2.96. The van der Waals surface area contributed by atoms with Crippen LogP contribution in [-0.2, 0) is 4.79 Å². The van der Waals surface area contributed by atoms with Gasteiger partial charge in [-0.1, -0.05) is 12.8 Å². The fourth-order valence-corrected chi connectivity index (χ4v) is 3.39. The van der Waals surface area contributed by atoms with Crippen molar-refractivity contribution < 1.29 is 15.0 Å². The standard InChI is InChI=1S/C11H18O3/c1-10(14,9(12)13)8-4-2-5-11(8)6-3-7-11/h8,14H,2-7H2,1H3,(H,12,13). The second-order valence-electron chi connectivity index (χ2n) is 5.11. The molecule has 2 aliphatic carbocycles. The summed E-state index contributed by atoms with van der Waals surface area (Å²) >= 11 is 0. The molecular formula is C11H18O3. The third-order valence-corrected chi connectivity index (χ3v) is 4.37. The van der Waals surface area contributed by atoms with E-state index in [2.05, 4.69) is 0 Å². The molecule has 14 heavy (non-hydrogen) atoms. The van der Waals surface area contributed by atoms with Crippen molar-refractivity contribution >= 4 is 5.97 Å². The Morgan fingerprint density at radius 1 is 1.36 bits per heavy atom. The summed E-state index contributed by atoms with van der Waals surface area (Å²) in [4.78, 5) is 11.0. The van der Waals surface area contributed by atoms with Crippen LogP contribution >= 0.6 is 0 Å². The van der Waals surface area contributed by atoms with Crippen molar-refractivity contribution in [3.8, 4) is 0 Å². The molecule has 0 aromatic rings. The largest absolute Gasteiger partial charge is 0.479 e. The molecule has 0 aliphatic heterocycles. The number of carboxylic acid groups (broad SMARTS) is 1. The molecule has 0 amide bonds. The number of carboxylic acids is 1. The molecule has 0 bridgehead atoms. The number of hydrogen-bond acceptors (Lipinski definition) is 2. The van der Waals surface area contributed by atoms with Gasteiger partial charge in [-0.25, -0.2) is 4.79 Å². The molecule has 2 atom stereocenters. The number of hydrogen-bond donors (Lipinski definition) is 2. The lowest BCUT2D eigenvalue weighted by Gasteiger charge is -2.47. The molecule has 0 radical (unpaired) electrons. The Labute approximate surface area is 84.1 Å². The molecule has 2 saturated carbocycles. The van der Waals surface area contributed by atoms with Gasteiger partial charge in [0.2, 0.25) is 0 Å². The molecule has 1 spiro atoms. The van der Waals surface area contributed by atoms with Gasteiger partial charge < -0.3 is 10.2 Å². The van der Waals surface area contributed by atoms with Crippen LogP contribution in [-0.4, -0.2) is 21.8 Å². The van der Waals surface area contributed by atoms with E-state index in [0.29, 0.717) is 0 Å². The second-order valence-corrected chi connectivity index (χ2v) is 5.11. The van der Waals surface area contributed by atoms with Gasteiger partial charge in [-0.15, -0.1) is 0 Å². The summed E-state index contributed by atoms with van der Waals surface area (Å²) in [6.45, 7) is 1.46. The average molecular weight is 198 g/mol. The van der Waals surface area contributed by atoms with Crippen molar-refractivity contribution in [2.45, 2.75) is 51.0 Å². The molecule has 0 aromatic carbocycles. The molecule has 0 heterocycles. The lowest BCUT2D eigenvalue weighted by Crippen LogP contribution is -2.51. The van der Waals surface area contributed by atoms with Gasteiger partial charge in [0.25, 0.3) is 0 Å². The molecule has 2 rings (SSSR count). The third kappa shape index (κ3) is 1.18. The third-order valence-electron chi connectivity index (χ3n) is 4.37. The zero-order valence-corrected chi connectivity index (χ0v) is 8.62. The van der Waals surface area contributed by atoms with Gasteiger partial charge in [0.05, 0.1) is 0 Å². The minimum Gasteiger partial charge on any atom is -0.479 e. The first-order valence-corrected chi connectivity index (χ1v) is 5.45. The number of aliphatic carboxylic acids is 1. The van der Waals surface area contributed by atoms with Crippen LogP contribution in [0.15, 0.2) is 0 Å². The van der Waals surface area contributed by atoms with E-state index in [1.54, 1.807) is 0 Å². The molecule has 3 heteroatoms. The van der Waals surface area contributed by atoms with Crippen molar-refractivity contribution in [1.82, 2.24) is 0 Å². The van der Waals surface area contributed by atoms with Crippen molar-refractivity contribution in [3.63, 3.8) is 0 Å². The number of carbonyl (C=O) groups is 1. The Kier molecular flexibility index (Phi) is 2.11. The average Bonchev–Trinajstić information content (AvgIpc) is 2.46. The maximum absolute atomic E-state index is 11.0. The molecule has 2 aliphatic rings. The van der Waals surface area contributed by atoms with Crippen LogP contribution in [0.1, 0.15) is 45.4 Å². The van der Waals surface area contributed by atoms with E-state index in [9.17, 15) is 9.90 Å². The summed E-state index contributed by atoms with van der Waals surface area (Å²) < 4.78 is 0. The Morgan fingerprint density at radius 2 is 1.93 bits per heavy atom. The molecule has 3 nitrogen and oxygen atoms in total. The smallest absolute Gasteiger partial charge is 0.335 e. The minimum atomic E-state index is -1.52. The Hall–Kier alpha value is -0.570. The van der Waals surface area contributed by atoms with E-state index in [0.717, 1.165) is 32.1 Å². The van der Waals surface area contributed by atoms with Crippen LogP contribution in [0.4, 0.5) is 0 Å². The highest BCUT2D eigenvalue weighted by Gasteiger charge is 2.56. The van der Waals surface area contributed by atoms with Crippen LogP contribution in [0.5, 0.6) is 0 Å². The van der Waals surface area contributed by atoms with Crippen LogP contribution < -0.4 is 0 Å². The summed E-state index contributed by atoms with van der Waals surface area (Å²) in [5.41, 5.74) is -1.35. The van der Waals surface area contributed by atoms with E-state index >= 15 is 0 Å². The maximum Gasteiger partial charge on any atom is 0.335 e. The SMILES string of the molecule is CC(O)(C(=O)O)C1CCCC12CCC2. The lowest BCUT2D eigenvalue weighted by atomic mass is 9.58. The van der Waals surface area contributed by atoms with Gasteiger partial charge in [-0.05, 0) is 38.0 Å². The van der Waals surface area contributed by atoms with Gasteiger partial charge in [0.1, 0.15) is 0 Å². The van der Waals surface area contributed by atoms with Gasteiger partial charge in [0, 0.05) is 5.92 Å². The quantitative estimate of drug-likeness (QED) is 0.711. The Morgan fingerprint density at radius 3 is 2.36 bits per heavy atom. The molecule has 2 N–H and O–H groups in total. The summed E-state index contributed by atoms with van der Waals surface area (Å²) in [6.07, 6.45) is 6.49. The highest BCUT2D eigenvalue weighted by Crippen LogP contribution is 2.59. The van der Waals surface area contributed by atoms with Crippen LogP contribution in [0.3, 0.4) is 0 Å². The van der Waals surface area contributed by atoms with E-state index in [-0.39, 0.29) is 11.3 Å². The van der Waals surface area contributed by atoms with Gasteiger partial charge >= 0.3 is 5.97 Å². The highest BCUT2D eigenvalue weighted by molar-refractivity contribution is 5.77. The van der Waals surface area contributed by atoms with Gasteiger partial charge in [-0.2, -0.15) is 0 Å². The van der Waals surface area contributed by atoms with Gasteiger partial charge in [-0.3, -0.25) is 0 Å². The van der Waals surface area contributed by atoms with E-state index in [1.165, 1.54) is 13.3 Å². The first-order valence-electron chi connectivity index (χ1n) is 5.45. The first-order chi connectivity index (χ1) is 6.49. The Bertz CT molecular complexity index is 253. The van der Waals surface area contributed by atoms with Crippen molar-refractivity contribution in [1.29, 1.82) is 0 Å². The topological polar surface area (TPSA) is 57.5 Å². The maximum atomic E-state index is 11.0. The zero-order chi connectivity index (χ0) is 10.4. The minimum absolute atomic E-state index is 0.0266. The van der Waals surface area contributed by atoms with E-state index in [1.807, 2.05) is 0 Å². The normalized spacial score (nSPS) is 33.7. The number of rotatable bonds is 2. The Balaban J connectivity index is 2.21. The van der Waals surface area contributed by atoms with Gasteiger partial charge in [0.15, 0.2) is 5.60 Å². The molecule has 0 saturated heterocycles. The fourth-order valence-electron chi connectivity index (χ4n) is 3.39. The van der Waals surface area contributed by atoms with Crippen LogP contribution in [0, 0.1) is 11.3 Å². The predicted octanol–water partition coefficient (Wildman–Crippen LogP) is 1.79. The molecular weight excluding hydrogens is 180 g/mol. The summed E-state index contributed by atoms with van der Waals surface area (Å²) in [5.74, 6) is -1.09. The molecule has 0 aromatic heterocycles. The number of aliphatic hydroxyl groups is 1. The fraction of sp³-hybridized carbons (Fsp3) is 0.909. The summed E-state index contributed by atoms with van der Waals surface area (Å²) in [6, 6.07) is 0.